The first-order chi connectivity index (χ1) is 23.2. The van der Waals surface area contributed by atoms with Gasteiger partial charge < -0.3 is 9.41 Å². The van der Waals surface area contributed by atoms with Crippen LogP contribution in [0.1, 0.15) is 56.9 Å². The van der Waals surface area contributed by atoms with Crippen molar-refractivity contribution in [3.8, 4) is 5.95 Å². The average Bonchev–Trinajstić information content (AvgIpc) is 3.66. The first-order valence-corrected chi connectivity index (χ1v) is 18.1. The van der Waals surface area contributed by atoms with Crippen molar-refractivity contribution in [1.82, 2.24) is 29.1 Å². The Balaban J connectivity index is 1.24. The smallest absolute Gasteiger partial charge is 0.328 e. The lowest BCUT2D eigenvalue weighted by molar-refractivity contribution is 0.160. The molecule has 0 spiro atoms. The fourth-order valence-corrected chi connectivity index (χ4v) is 12.2. The number of nitrogens with one attached hydrogen (secondary N) is 1. The Labute approximate surface area is 278 Å². The minimum Gasteiger partial charge on any atom is -0.400 e. The Bertz CT molecular complexity index is 2290. The molecule has 0 bridgehead atoms. The lowest BCUT2D eigenvalue weighted by Gasteiger charge is -2.46. The molecule has 0 amide bonds. The summed E-state index contributed by atoms with van der Waals surface area (Å²) >= 11 is 0. The van der Waals surface area contributed by atoms with Gasteiger partial charge in [-0.25, -0.2) is 19.2 Å². The molecule has 48 heavy (non-hydrogen) atoms. The molecule has 0 fully saturated rings. The van der Waals surface area contributed by atoms with E-state index in [-0.39, 0.29) is 28.7 Å². The number of fused-ring (bicyclic) bond motifs is 3. The summed E-state index contributed by atoms with van der Waals surface area (Å²) in [5.41, 5.74) is 4.03. The monoisotopic (exact) mass is 654 g/mol. The second-order valence-electron chi connectivity index (χ2n) is 13.4. The van der Waals surface area contributed by atoms with Gasteiger partial charge in [-0.15, -0.1) is 0 Å². The number of halogens is 1. The van der Waals surface area contributed by atoms with Gasteiger partial charge in [-0.05, 0) is 51.5 Å². The molecule has 4 aromatic carbocycles. The van der Waals surface area contributed by atoms with Crippen LogP contribution >= 0.6 is 0 Å². The fraction of sp³-hybridized carbons (Fsp3) is 0.211. The van der Waals surface area contributed by atoms with Gasteiger partial charge in [-0.2, -0.15) is 4.98 Å². The molecule has 1 aliphatic carbocycles. The van der Waals surface area contributed by atoms with Gasteiger partial charge in [0.15, 0.2) is 5.65 Å². The Morgan fingerprint density at radius 2 is 1.52 bits per heavy atom. The van der Waals surface area contributed by atoms with Gasteiger partial charge in [0.05, 0.1) is 29.4 Å². The van der Waals surface area contributed by atoms with Gasteiger partial charge in [-0.1, -0.05) is 106 Å². The highest BCUT2D eigenvalue weighted by molar-refractivity contribution is 6.99. The summed E-state index contributed by atoms with van der Waals surface area (Å²) in [5, 5.41) is 2.28. The van der Waals surface area contributed by atoms with Crippen molar-refractivity contribution in [1.29, 1.82) is 0 Å². The number of benzene rings is 4. The largest absolute Gasteiger partial charge is 0.400 e. The molecule has 3 aromatic heterocycles. The summed E-state index contributed by atoms with van der Waals surface area (Å²) in [7, 11) is -2.84. The predicted molar refractivity (Wildman–Crippen MR) is 188 cm³/mol. The van der Waals surface area contributed by atoms with Gasteiger partial charge in [0.25, 0.3) is 8.32 Å². The highest BCUT2D eigenvalue weighted by Gasteiger charge is 2.52. The number of aromatic nitrogens is 6. The van der Waals surface area contributed by atoms with E-state index in [0.29, 0.717) is 41.0 Å². The van der Waals surface area contributed by atoms with Crippen LogP contribution in [0.25, 0.3) is 28.1 Å². The molecule has 7 aromatic rings. The molecule has 0 saturated heterocycles. The molecule has 10 heteroatoms. The lowest BCUT2D eigenvalue weighted by Crippen LogP contribution is -2.67. The van der Waals surface area contributed by atoms with E-state index < -0.39 is 8.32 Å². The van der Waals surface area contributed by atoms with E-state index in [1.165, 1.54) is 22.5 Å². The number of hydrogen-bond donors (Lipinski definition) is 1. The lowest BCUT2D eigenvalue weighted by atomic mass is 9.85. The van der Waals surface area contributed by atoms with E-state index in [4.69, 9.17) is 9.41 Å². The first kappa shape index (κ1) is 30.2. The molecular formula is C38H35FN6O2Si. The minimum atomic E-state index is -2.84. The molecule has 0 radical (unpaired) electrons. The van der Waals surface area contributed by atoms with Gasteiger partial charge in [-0.3, -0.25) is 9.13 Å². The zero-order valence-corrected chi connectivity index (χ0v) is 28.0. The van der Waals surface area contributed by atoms with Crippen molar-refractivity contribution < 1.29 is 8.82 Å². The van der Waals surface area contributed by atoms with Crippen molar-refractivity contribution in [3.05, 3.63) is 143 Å². The topological polar surface area (TPSA) is 90.6 Å². The second kappa shape index (κ2) is 11.5. The number of hydrogen-bond acceptors (Lipinski definition) is 5. The molecule has 0 saturated carbocycles. The maximum atomic E-state index is 14.2. The highest BCUT2D eigenvalue weighted by Crippen LogP contribution is 2.46. The summed E-state index contributed by atoms with van der Waals surface area (Å²) in [6, 6.07) is 33.8. The van der Waals surface area contributed by atoms with Crippen molar-refractivity contribution >= 4 is 40.9 Å². The Morgan fingerprint density at radius 3 is 2.21 bits per heavy atom. The molecule has 1 N–H and O–H groups in total. The maximum absolute atomic E-state index is 14.2. The van der Waals surface area contributed by atoms with Gasteiger partial charge in [0.2, 0.25) is 5.95 Å². The fourth-order valence-electron chi connectivity index (χ4n) is 7.48. The zero-order chi connectivity index (χ0) is 33.0. The Hall–Kier alpha value is -5.19. The molecule has 240 valence electrons. The zero-order valence-electron chi connectivity index (χ0n) is 27.0. The third-order valence-electron chi connectivity index (χ3n) is 9.62. The number of H-pyrrole nitrogens is 1. The SMILES string of the molecule is CC(C)(C)[Si](O[C@@H]1CC[C@@H](n2c(=O)[nH]c3cnc(-n4cnc5ccc(F)cc54)nc32)c2ccccc21)(c1ccccc1)c1ccccc1. The summed E-state index contributed by atoms with van der Waals surface area (Å²) in [5.74, 6) is -0.0714. The second-order valence-corrected chi connectivity index (χ2v) is 17.7. The van der Waals surface area contributed by atoms with E-state index in [1.54, 1.807) is 27.7 Å². The molecule has 1 aliphatic rings. The molecule has 3 heterocycles. The normalized spacial score (nSPS) is 16.8. The summed E-state index contributed by atoms with van der Waals surface area (Å²) in [6.07, 6.45) is 4.38. The van der Waals surface area contributed by atoms with Crippen LogP contribution in [0, 0.1) is 5.82 Å². The Morgan fingerprint density at radius 1 is 0.854 bits per heavy atom. The van der Waals surface area contributed by atoms with Crippen LogP contribution in [0.4, 0.5) is 4.39 Å². The van der Waals surface area contributed by atoms with Crippen LogP contribution in [0.2, 0.25) is 5.04 Å². The van der Waals surface area contributed by atoms with Crippen molar-refractivity contribution in [2.45, 2.75) is 50.8 Å². The van der Waals surface area contributed by atoms with Crippen LogP contribution in [0.3, 0.4) is 0 Å². The molecule has 2 atom stereocenters. The third kappa shape index (κ3) is 4.82. The van der Waals surface area contributed by atoms with E-state index in [0.717, 1.165) is 11.1 Å². The van der Waals surface area contributed by atoms with E-state index in [2.05, 4.69) is 109 Å². The van der Waals surface area contributed by atoms with Crippen LogP contribution < -0.4 is 16.1 Å². The van der Waals surface area contributed by atoms with Crippen molar-refractivity contribution in [2.75, 3.05) is 0 Å². The summed E-state index contributed by atoms with van der Waals surface area (Å²) in [4.78, 5) is 30.4. The number of imidazole rings is 2. The standard InChI is InChI=1S/C38H35FN6O2Si/c1-38(2,3)48(26-12-6-4-7-13-26,27-14-8-5-9-15-27)47-34-21-20-32(28-16-10-11-17-29(28)34)45-35-31(42-37(45)46)23-40-36(43-35)44-24-41-30-19-18-25(39)22-33(30)44/h4-19,22-24,32,34H,20-21H2,1-3H3,(H,42,46)/t32-,34-/m1/s1. The van der Waals surface area contributed by atoms with Crippen LogP contribution in [-0.2, 0) is 4.43 Å². The number of nitrogens with zero attached hydrogens (tertiary/aromatic N) is 5. The third-order valence-corrected chi connectivity index (χ3v) is 14.7. The average molecular weight is 655 g/mol. The summed E-state index contributed by atoms with van der Waals surface area (Å²) in [6.45, 7) is 6.87. The number of aromatic amines is 1. The van der Waals surface area contributed by atoms with Gasteiger partial charge in [0.1, 0.15) is 17.7 Å². The van der Waals surface area contributed by atoms with E-state index in [9.17, 15) is 9.18 Å². The van der Waals surface area contributed by atoms with Crippen LogP contribution in [0.15, 0.2) is 120 Å². The van der Waals surface area contributed by atoms with Gasteiger partial charge >= 0.3 is 5.69 Å². The van der Waals surface area contributed by atoms with Gasteiger partial charge in [0, 0.05) is 6.07 Å². The summed E-state index contributed by atoms with van der Waals surface area (Å²) < 4.78 is 25.2. The van der Waals surface area contributed by atoms with Crippen molar-refractivity contribution in [3.63, 3.8) is 0 Å². The molecular weight excluding hydrogens is 620 g/mol. The van der Waals surface area contributed by atoms with Crippen LogP contribution in [-0.4, -0.2) is 37.4 Å². The predicted octanol–water partition coefficient (Wildman–Crippen LogP) is 6.60. The highest BCUT2D eigenvalue weighted by atomic mass is 28.4. The van der Waals surface area contributed by atoms with Crippen LogP contribution in [0.5, 0.6) is 0 Å². The maximum Gasteiger partial charge on any atom is 0.328 e. The number of rotatable bonds is 6. The quantitative estimate of drug-likeness (QED) is 0.204. The minimum absolute atomic E-state index is 0.178. The molecule has 0 unspecified atom stereocenters. The molecule has 8 rings (SSSR count). The first-order valence-electron chi connectivity index (χ1n) is 16.2. The van der Waals surface area contributed by atoms with Crippen molar-refractivity contribution in [2.24, 2.45) is 0 Å². The van der Waals surface area contributed by atoms with E-state index in [1.807, 2.05) is 12.1 Å². The molecule has 8 nitrogen and oxygen atoms in total. The van der Waals surface area contributed by atoms with E-state index >= 15 is 0 Å². The molecule has 0 aliphatic heterocycles. The Kier molecular flexibility index (Phi) is 7.23.